The molecule has 8 nitrogen and oxygen atoms in total. The molecule has 0 atom stereocenters. The third-order valence-corrected chi connectivity index (χ3v) is 4.87. The van der Waals surface area contributed by atoms with Crippen molar-refractivity contribution in [2.24, 2.45) is 0 Å². The Morgan fingerprint density at radius 1 is 1.18 bits per heavy atom. The van der Waals surface area contributed by atoms with Gasteiger partial charge in [-0.25, -0.2) is 0 Å². The van der Waals surface area contributed by atoms with Crippen molar-refractivity contribution in [2.45, 2.75) is 6.54 Å². The zero-order chi connectivity index (χ0) is 19.7. The second-order valence-corrected chi connectivity index (χ2v) is 6.61. The number of non-ortho nitro benzene ring substituents is 1. The maximum Gasteiger partial charge on any atom is 0.270 e. The minimum atomic E-state index is -0.509. The SMILES string of the molecule is O=c1c(-c2cccc([N+](=O)[O-])c2)coc2c(CN3CCOCC3)c(O)ccc12. The number of morpholine rings is 1. The number of nitro groups is 1. The number of rotatable bonds is 4. The molecular formula is C20H18N2O6. The lowest BCUT2D eigenvalue weighted by Gasteiger charge is -2.27. The molecule has 144 valence electrons. The average Bonchev–Trinajstić information content (AvgIpc) is 2.71. The van der Waals surface area contributed by atoms with E-state index in [4.69, 9.17) is 9.15 Å². The molecule has 0 bridgehead atoms. The molecule has 1 aliphatic heterocycles. The maximum absolute atomic E-state index is 13.0. The van der Waals surface area contributed by atoms with Crippen molar-refractivity contribution in [3.63, 3.8) is 0 Å². The van der Waals surface area contributed by atoms with E-state index >= 15 is 0 Å². The van der Waals surface area contributed by atoms with Gasteiger partial charge in [-0.15, -0.1) is 0 Å². The van der Waals surface area contributed by atoms with Crippen LogP contribution in [0.3, 0.4) is 0 Å². The van der Waals surface area contributed by atoms with Gasteiger partial charge in [0.05, 0.1) is 34.7 Å². The second-order valence-electron chi connectivity index (χ2n) is 6.61. The maximum atomic E-state index is 13.0. The van der Waals surface area contributed by atoms with Gasteiger partial charge in [-0.05, 0) is 17.7 Å². The molecule has 4 rings (SSSR count). The van der Waals surface area contributed by atoms with Crippen LogP contribution in [0.1, 0.15) is 5.56 Å². The standard InChI is InChI=1S/C20H18N2O6/c23-18-5-4-15-19(24)17(13-2-1-3-14(10-13)22(25)26)12-28-20(15)16(18)11-21-6-8-27-9-7-21/h1-5,10,12,23H,6-9,11H2. The van der Waals surface area contributed by atoms with Gasteiger partial charge in [0.2, 0.25) is 5.43 Å². The average molecular weight is 382 g/mol. The molecule has 0 radical (unpaired) electrons. The van der Waals surface area contributed by atoms with Gasteiger partial charge < -0.3 is 14.3 Å². The minimum Gasteiger partial charge on any atom is -0.507 e. The molecule has 1 saturated heterocycles. The molecule has 0 unspecified atom stereocenters. The summed E-state index contributed by atoms with van der Waals surface area (Å²) in [6, 6.07) is 8.85. The first-order valence-corrected chi connectivity index (χ1v) is 8.86. The van der Waals surface area contributed by atoms with Crippen LogP contribution in [0.2, 0.25) is 0 Å². The van der Waals surface area contributed by atoms with Gasteiger partial charge in [-0.2, -0.15) is 0 Å². The van der Waals surface area contributed by atoms with E-state index in [2.05, 4.69) is 4.90 Å². The van der Waals surface area contributed by atoms with Crippen molar-refractivity contribution in [3.8, 4) is 16.9 Å². The van der Waals surface area contributed by atoms with E-state index in [0.717, 1.165) is 13.1 Å². The van der Waals surface area contributed by atoms with Crippen LogP contribution in [0.25, 0.3) is 22.1 Å². The highest BCUT2D eigenvalue weighted by atomic mass is 16.6. The van der Waals surface area contributed by atoms with E-state index in [1.54, 1.807) is 6.07 Å². The van der Waals surface area contributed by atoms with Crippen molar-refractivity contribution in [1.29, 1.82) is 0 Å². The summed E-state index contributed by atoms with van der Waals surface area (Å²) in [6.45, 7) is 3.13. The summed E-state index contributed by atoms with van der Waals surface area (Å²) in [5, 5.41) is 21.7. The minimum absolute atomic E-state index is 0.0604. The Morgan fingerprint density at radius 3 is 2.71 bits per heavy atom. The number of phenols is 1. The lowest BCUT2D eigenvalue weighted by molar-refractivity contribution is -0.384. The molecule has 1 aliphatic rings. The molecule has 2 aromatic carbocycles. The van der Waals surface area contributed by atoms with E-state index < -0.39 is 4.92 Å². The number of phenolic OH excluding ortho intramolecular Hbond substituents is 1. The fraction of sp³-hybridized carbons (Fsp3) is 0.250. The number of benzene rings is 2. The predicted molar refractivity (Wildman–Crippen MR) is 102 cm³/mol. The Hall–Kier alpha value is -3.23. The first-order valence-electron chi connectivity index (χ1n) is 8.86. The molecule has 0 amide bonds. The first kappa shape index (κ1) is 18.1. The molecule has 0 aliphatic carbocycles. The quantitative estimate of drug-likeness (QED) is 0.546. The molecule has 8 heteroatoms. The Kier molecular flexibility index (Phi) is 4.81. The monoisotopic (exact) mass is 382 g/mol. The summed E-state index contributed by atoms with van der Waals surface area (Å²) < 4.78 is 11.1. The van der Waals surface area contributed by atoms with Crippen LogP contribution in [0, 0.1) is 10.1 Å². The molecule has 0 spiro atoms. The molecule has 1 fully saturated rings. The normalized spacial score (nSPS) is 15.0. The van der Waals surface area contributed by atoms with Gasteiger partial charge in [-0.3, -0.25) is 19.8 Å². The van der Waals surface area contributed by atoms with Crippen LogP contribution >= 0.6 is 0 Å². The highest BCUT2D eigenvalue weighted by molar-refractivity contribution is 5.85. The highest BCUT2D eigenvalue weighted by Gasteiger charge is 2.19. The van der Waals surface area contributed by atoms with Gasteiger partial charge >= 0.3 is 0 Å². The fourth-order valence-electron chi connectivity index (χ4n) is 3.37. The van der Waals surface area contributed by atoms with Crippen LogP contribution in [-0.2, 0) is 11.3 Å². The van der Waals surface area contributed by atoms with Crippen LogP contribution in [-0.4, -0.2) is 41.2 Å². The number of fused-ring (bicyclic) bond motifs is 1. The second kappa shape index (κ2) is 7.41. The van der Waals surface area contributed by atoms with Gasteiger partial charge in [0.15, 0.2) is 0 Å². The number of hydrogen-bond acceptors (Lipinski definition) is 7. The third kappa shape index (κ3) is 3.35. The lowest BCUT2D eigenvalue weighted by Crippen LogP contribution is -2.35. The fourth-order valence-corrected chi connectivity index (χ4v) is 3.37. The number of hydrogen-bond donors (Lipinski definition) is 1. The number of nitrogens with zero attached hydrogens (tertiary/aromatic N) is 2. The topological polar surface area (TPSA) is 106 Å². The van der Waals surface area contributed by atoms with Gasteiger partial charge in [0, 0.05) is 31.8 Å². The van der Waals surface area contributed by atoms with Crippen molar-refractivity contribution >= 4 is 16.7 Å². The van der Waals surface area contributed by atoms with Crippen molar-refractivity contribution in [3.05, 3.63) is 68.6 Å². The summed E-state index contributed by atoms with van der Waals surface area (Å²) in [6.07, 6.45) is 1.30. The largest absolute Gasteiger partial charge is 0.507 e. The van der Waals surface area contributed by atoms with Crippen LogP contribution in [0.5, 0.6) is 5.75 Å². The van der Waals surface area contributed by atoms with Gasteiger partial charge in [0.25, 0.3) is 5.69 Å². The molecule has 2 heterocycles. The Balaban J connectivity index is 1.80. The molecule has 28 heavy (non-hydrogen) atoms. The summed E-state index contributed by atoms with van der Waals surface area (Å²) in [7, 11) is 0. The van der Waals surface area contributed by atoms with E-state index in [0.29, 0.717) is 41.9 Å². The highest BCUT2D eigenvalue weighted by Crippen LogP contribution is 2.30. The van der Waals surface area contributed by atoms with Gasteiger partial charge in [0.1, 0.15) is 17.6 Å². The molecule has 0 saturated carbocycles. The summed E-state index contributed by atoms with van der Waals surface area (Å²) in [5.74, 6) is 0.0604. The molecule has 1 N–H and O–H groups in total. The van der Waals surface area contributed by atoms with E-state index in [9.17, 15) is 20.0 Å². The van der Waals surface area contributed by atoms with Crippen LogP contribution < -0.4 is 5.43 Å². The number of aromatic hydroxyl groups is 1. The zero-order valence-electron chi connectivity index (χ0n) is 15.0. The Labute approximate surface area is 159 Å². The zero-order valence-corrected chi connectivity index (χ0v) is 15.0. The van der Waals surface area contributed by atoms with Crippen LogP contribution in [0.15, 0.2) is 51.9 Å². The van der Waals surface area contributed by atoms with E-state index in [1.165, 1.54) is 36.6 Å². The van der Waals surface area contributed by atoms with Crippen molar-refractivity contribution in [1.82, 2.24) is 4.90 Å². The smallest absolute Gasteiger partial charge is 0.270 e. The number of ether oxygens (including phenoxy) is 1. The third-order valence-electron chi connectivity index (χ3n) is 4.87. The predicted octanol–water partition coefficient (Wildman–Crippen LogP) is 2.91. The van der Waals surface area contributed by atoms with E-state index in [-0.39, 0.29) is 22.4 Å². The Bertz CT molecular complexity index is 1100. The molecular weight excluding hydrogens is 364 g/mol. The van der Waals surface area contributed by atoms with Crippen molar-refractivity contribution < 1.29 is 19.2 Å². The number of nitro benzene ring substituents is 1. The van der Waals surface area contributed by atoms with Crippen molar-refractivity contribution in [2.75, 3.05) is 26.3 Å². The summed E-state index contributed by atoms with van der Waals surface area (Å²) in [5.41, 5.74) is 1.11. The van der Waals surface area contributed by atoms with Gasteiger partial charge in [-0.1, -0.05) is 12.1 Å². The summed E-state index contributed by atoms with van der Waals surface area (Å²) in [4.78, 5) is 25.6. The molecule has 3 aromatic rings. The molecule has 1 aromatic heterocycles. The van der Waals surface area contributed by atoms with E-state index in [1.807, 2.05) is 0 Å². The lowest BCUT2D eigenvalue weighted by atomic mass is 10.0. The summed E-state index contributed by atoms with van der Waals surface area (Å²) >= 11 is 0. The van der Waals surface area contributed by atoms with Crippen LogP contribution in [0.4, 0.5) is 5.69 Å². The first-order chi connectivity index (χ1) is 13.5. The Morgan fingerprint density at radius 2 is 1.96 bits per heavy atom.